The first-order valence-electron chi connectivity index (χ1n) is 5.85. The molecule has 2 amide bonds. The van der Waals surface area contributed by atoms with Gasteiger partial charge in [0.15, 0.2) is 0 Å². The van der Waals surface area contributed by atoms with Crippen molar-refractivity contribution in [3.8, 4) is 0 Å². The molecular formula is C13H18N2O2S. The molecule has 0 saturated carbocycles. The zero-order valence-corrected chi connectivity index (χ0v) is 11.4. The summed E-state index contributed by atoms with van der Waals surface area (Å²) in [6.07, 6.45) is 0. The second kappa shape index (κ2) is 7.76. The zero-order chi connectivity index (χ0) is 13.4. The first-order valence-corrected chi connectivity index (χ1v) is 6.67. The molecule has 0 heterocycles. The Hall–Kier alpha value is -1.49. The maximum atomic E-state index is 11.6. The molecule has 0 atom stereocenters. The smallest absolute Gasteiger partial charge is 0.315 e. The van der Waals surface area contributed by atoms with Gasteiger partial charge in [0.25, 0.3) is 0 Å². The number of hydrogen-bond donors (Lipinski definition) is 2. The number of thioether (sulfide) groups is 1. The molecule has 0 fully saturated rings. The van der Waals surface area contributed by atoms with Gasteiger partial charge in [-0.25, -0.2) is 4.79 Å². The van der Waals surface area contributed by atoms with Crippen LogP contribution in [-0.2, 0) is 4.79 Å². The van der Waals surface area contributed by atoms with E-state index in [0.29, 0.717) is 12.5 Å². The fourth-order valence-electron chi connectivity index (χ4n) is 1.17. The molecule has 0 unspecified atom stereocenters. The summed E-state index contributed by atoms with van der Waals surface area (Å²) in [6, 6.07) is 9.07. The largest absolute Gasteiger partial charge is 0.338 e. The highest BCUT2D eigenvalue weighted by Crippen LogP contribution is 2.17. The topological polar surface area (TPSA) is 58.2 Å². The Morgan fingerprint density at radius 1 is 1.17 bits per heavy atom. The van der Waals surface area contributed by atoms with Crippen molar-refractivity contribution in [3.63, 3.8) is 0 Å². The van der Waals surface area contributed by atoms with Gasteiger partial charge in [0.05, 0.1) is 6.54 Å². The molecule has 0 aliphatic heterocycles. The average Bonchev–Trinajstić information content (AvgIpc) is 2.35. The van der Waals surface area contributed by atoms with Crippen LogP contribution in [0.1, 0.15) is 13.8 Å². The van der Waals surface area contributed by atoms with E-state index < -0.39 is 0 Å². The van der Waals surface area contributed by atoms with Crippen LogP contribution in [0.3, 0.4) is 0 Å². The Morgan fingerprint density at radius 3 is 2.44 bits per heavy atom. The van der Waals surface area contributed by atoms with Crippen molar-refractivity contribution in [2.24, 2.45) is 5.92 Å². The molecule has 4 nitrogen and oxygen atoms in total. The predicted molar refractivity (Wildman–Crippen MR) is 73.5 cm³/mol. The highest BCUT2D eigenvalue weighted by Gasteiger charge is 2.07. The number of carbonyl (C=O) groups is 2. The molecule has 1 aromatic rings. The molecule has 0 aliphatic rings. The summed E-state index contributed by atoms with van der Waals surface area (Å²) in [4.78, 5) is 23.8. The lowest BCUT2D eigenvalue weighted by molar-refractivity contribution is -0.110. The van der Waals surface area contributed by atoms with Crippen LogP contribution in [0.4, 0.5) is 4.79 Å². The van der Waals surface area contributed by atoms with Gasteiger partial charge in [-0.05, 0) is 18.1 Å². The summed E-state index contributed by atoms with van der Waals surface area (Å²) in [7, 11) is 0. The highest BCUT2D eigenvalue weighted by atomic mass is 32.2. The van der Waals surface area contributed by atoms with Crippen LogP contribution >= 0.6 is 11.8 Å². The van der Waals surface area contributed by atoms with Crippen molar-refractivity contribution >= 4 is 22.9 Å². The summed E-state index contributed by atoms with van der Waals surface area (Å²) in [5.41, 5.74) is 0. The second-order valence-electron chi connectivity index (χ2n) is 4.24. The molecule has 98 valence electrons. The minimum absolute atomic E-state index is 0.0312. The van der Waals surface area contributed by atoms with E-state index in [1.54, 1.807) is 0 Å². The number of urea groups is 1. The number of nitrogens with one attached hydrogen (secondary N) is 2. The Balaban J connectivity index is 2.23. The van der Waals surface area contributed by atoms with E-state index in [2.05, 4.69) is 10.6 Å². The van der Waals surface area contributed by atoms with E-state index in [4.69, 9.17) is 0 Å². The molecule has 0 aromatic heterocycles. The Morgan fingerprint density at radius 2 is 1.83 bits per heavy atom. The Bertz CT molecular complexity index is 393. The van der Waals surface area contributed by atoms with Gasteiger partial charge in [0.1, 0.15) is 0 Å². The first kappa shape index (κ1) is 14.6. The number of rotatable bonds is 5. The molecule has 1 rings (SSSR count). The monoisotopic (exact) mass is 266 g/mol. The fourth-order valence-corrected chi connectivity index (χ4v) is 1.87. The summed E-state index contributed by atoms with van der Waals surface area (Å²) >= 11 is 1.13. The second-order valence-corrected chi connectivity index (χ2v) is 5.38. The van der Waals surface area contributed by atoms with E-state index >= 15 is 0 Å². The van der Waals surface area contributed by atoms with Gasteiger partial charge in [-0.2, -0.15) is 0 Å². The third-order valence-electron chi connectivity index (χ3n) is 2.04. The third kappa shape index (κ3) is 6.30. The molecular weight excluding hydrogens is 248 g/mol. The molecule has 0 radical (unpaired) electrons. The molecule has 18 heavy (non-hydrogen) atoms. The van der Waals surface area contributed by atoms with Crippen LogP contribution in [0.2, 0.25) is 0 Å². The van der Waals surface area contributed by atoms with Gasteiger partial charge in [-0.3, -0.25) is 4.79 Å². The van der Waals surface area contributed by atoms with E-state index in [0.717, 1.165) is 16.7 Å². The minimum Gasteiger partial charge on any atom is -0.338 e. The van der Waals surface area contributed by atoms with Crippen LogP contribution in [0.15, 0.2) is 35.2 Å². The molecule has 0 bridgehead atoms. The standard InChI is InChI=1S/C13H18N2O2S/c1-10(2)8-14-13(17)15-9-12(16)18-11-6-4-3-5-7-11/h3-7,10H,8-9H2,1-2H3,(H2,14,15,17). The maximum Gasteiger partial charge on any atom is 0.315 e. The number of hydrogen-bond acceptors (Lipinski definition) is 3. The van der Waals surface area contributed by atoms with Gasteiger partial charge < -0.3 is 10.6 Å². The van der Waals surface area contributed by atoms with Crippen molar-refractivity contribution in [1.82, 2.24) is 10.6 Å². The first-order chi connectivity index (χ1) is 8.58. The van der Waals surface area contributed by atoms with Crippen LogP contribution in [0, 0.1) is 5.92 Å². The number of carbonyl (C=O) groups excluding carboxylic acids is 2. The van der Waals surface area contributed by atoms with Crippen molar-refractivity contribution in [3.05, 3.63) is 30.3 Å². The van der Waals surface area contributed by atoms with Crippen LogP contribution < -0.4 is 10.6 Å². The molecule has 1 aromatic carbocycles. The third-order valence-corrected chi connectivity index (χ3v) is 2.92. The Labute approximate surface area is 112 Å². The minimum atomic E-state index is -0.300. The summed E-state index contributed by atoms with van der Waals surface area (Å²) in [5, 5.41) is 5.14. The van der Waals surface area contributed by atoms with Crippen molar-refractivity contribution in [2.75, 3.05) is 13.1 Å². The van der Waals surface area contributed by atoms with E-state index in [9.17, 15) is 9.59 Å². The summed E-state index contributed by atoms with van der Waals surface area (Å²) in [6.45, 7) is 4.66. The van der Waals surface area contributed by atoms with Crippen molar-refractivity contribution < 1.29 is 9.59 Å². The van der Waals surface area contributed by atoms with Crippen LogP contribution in [-0.4, -0.2) is 24.2 Å². The van der Waals surface area contributed by atoms with E-state index in [-0.39, 0.29) is 17.7 Å². The lowest BCUT2D eigenvalue weighted by Gasteiger charge is -2.08. The van der Waals surface area contributed by atoms with Gasteiger partial charge in [-0.15, -0.1) is 0 Å². The summed E-state index contributed by atoms with van der Waals surface area (Å²) < 4.78 is 0. The van der Waals surface area contributed by atoms with Gasteiger partial charge >= 0.3 is 6.03 Å². The van der Waals surface area contributed by atoms with Gasteiger partial charge in [0, 0.05) is 11.4 Å². The molecule has 2 N–H and O–H groups in total. The van der Waals surface area contributed by atoms with E-state index in [1.165, 1.54) is 0 Å². The molecule has 0 spiro atoms. The SMILES string of the molecule is CC(C)CNC(=O)NCC(=O)Sc1ccccc1. The lowest BCUT2D eigenvalue weighted by Crippen LogP contribution is -2.39. The van der Waals surface area contributed by atoms with Crippen molar-refractivity contribution in [1.29, 1.82) is 0 Å². The number of amides is 2. The zero-order valence-electron chi connectivity index (χ0n) is 10.6. The fraction of sp³-hybridized carbons (Fsp3) is 0.385. The maximum absolute atomic E-state index is 11.6. The van der Waals surface area contributed by atoms with E-state index in [1.807, 2.05) is 44.2 Å². The van der Waals surface area contributed by atoms with Crippen LogP contribution in [0.25, 0.3) is 0 Å². The predicted octanol–water partition coefficient (Wildman–Crippen LogP) is 2.26. The lowest BCUT2D eigenvalue weighted by atomic mass is 10.2. The number of benzene rings is 1. The molecule has 5 heteroatoms. The van der Waals surface area contributed by atoms with Gasteiger partial charge in [-0.1, -0.05) is 43.8 Å². The average molecular weight is 266 g/mol. The normalized spacial score (nSPS) is 10.2. The summed E-state index contributed by atoms with van der Waals surface area (Å²) in [5.74, 6) is 0.394. The molecule has 0 aliphatic carbocycles. The molecule has 0 saturated heterocycles. The Kier molecular flexibility index (Phi) is 6.28. The van der Waals surface area contributed by atoms with Gasteiger partial charge in [0.2, 0.25) is 5.12 Å². The van der Waals surface area contributed by atoms with Crippen LogP contribution in [0.5, 0.6) is 0 Å². The highest BCUT2D eigenvalue weighted by molar-refractivity contribution is 8.13. The quantitative estimate of drug-likeness (QED) is 0.804. The van der Waals surface area contributed by atoms with Crippen molar-refractivity contribution in [2.45, 2.75) is 18.7 Å².